The molecule has 1 aromatic rings. The summed E-state index contributed by atoms with van der Waals surface area (Å²) in [5.41, 5.74) is 0.868. The zero-order valence-electron chi connectivity index (χ0n) is 16.5. The molecule has 1 unspecified atom stereocenters. The number of likely N-dealkylation sites (N-methyl/N-ethyl adjacent to an activating group) is 1. The van der Waals surface area contributed by atoms with Crippen molar-refractivity contribution in [2.75, 3.05) is 39.8 Å². The van der Waals surface area contributed by atoms with Gasteiger partial charge < -0.3 is 20.3 Å². The van der Waals surface area contributed by atoms with Gasteiger partial charge in [-0.15, -0.1) is 0 Å². The number of hydrogen-bond donors (Lipinski definition) is 2. The average molecular weight is 365 g/mol. The first-order chi connectivity index (χ1) is 12.6. The minimum absolute atomic E-state index is 0.0540. The molecule has 26 heavy (non-hydrogen) atoms. The number of nitrogens with one attached hydrogen (secondary N) is 2. The summed E-state index contributed by atoms with van der Waals surface area (Å²) in [5, 5.41) is 6.63. The fourth-order valence-electron chi connectivity index (χ4n) is 2.75. The van der Waals surface area contributed by atoms with Gasteiger partial charge in [-0.25, -0.2) is 4.39 Å². The highest BCUT2D eigenvalue weighted by Gasteiger charge is 2.22. The normalized spacial score (nSPS) is 15.8. The molecule has 1 aliphatic carbocycles. The summed E-state index contributed by atoms with van der Waals surface area (Å²) in [6.45, 7) is 10.8. The molecule has 0 heterocycles. The van der Waals surface area contributed by atoms with Crippen LogP contribution in [0.2, 0.25) is 0 Å². The van der Waals surface area contributed by atoms with Gasteiger partial charge in [0.15, 0.2) is 17.5 Å². The molecule has 0 bridgehead atoms. The van der Waals surface area contributed by atoms with Gasteiger partial charge in [-0.2, -0.15) is 0 Å². The summed E-state index contributed by atoms with van der Waals surface area (Å²) < 4.78 is 19.8. The zero-order valence-corrected chi connectivity index (χ0v) is 16.5. The molecule has 146 valence electrons. The van der Waals surface area contributed by atoms with Crippen molar-refractivity contribution in [3.63, 3.8) is 0 Å². The highest BCUT2D eigenvalue weighted by Crippen LogP contribution is 2.30. The van der Waals surface area contributed by atoms with Crippen molar-refractivity contribution in [2.24, 2.45) is 10.9 Å². The van der Waals surface area contributed by atoms with Crippen molar-refractivity contribution >= 4 is 5.96 Å². The molecule has 0 spiro atoms. The van der Waals surface area contributed by atoms with Crippen LogP contribution in [0, 0.1) is 11.7 Å². The molecule has 0 radical (unpaired) electrons. The summed E-state index contributed by atoms with van der Waals surface area (Å²) in [5.74, 6) is 1.37. The SMILES string of the molecule is CCN(CC)CCNC(=NC)NC(C)c1ccc(OCC2CC2)c(F)c1. The number of guanidine groups is 1. The monoisotopic (exact) mass is 364 g/mol. The Morgan fingerprint density at radius 3 is 2.65 bits per heavy atom. The summed E-state index contributed by atoms with van der Waals surface area (Å²) in [6.07, 6.45) is 2.39. The van der Waals surface area contributed by atoms with Crippen LogP contribution < -0.4 is 15.4 Å². The minimum atomic E-state index is -0.304. The van der Waals surface area contributed by atoms with Crippen molar-refractivity contribution in [2.45, 2.75) is 39.7 Å². The Balaban J connectivity index is 1.84. The van der Waals surface area contributed by atoms with Gasteiger partial charge >= 0.3 is 0 Å². The lowest BCUT2D eigenvalue weighted by molar-refractivity contribution is 0.285. The zero-order chi connectivity index (χ0) is 18.9. The average Bonchev–Trinajstić information content (AvgIpc) is 3.47. The summed E-state index contributed by atoms with van der Waals surface area (Å²) in [7, 11) is 1.74. The molecule has 6 heteroatoms. The predicted octanol–water partition coefficient (Wildman–Crippen LogP) is 3.18. The number of benzene rings is 1. The predicted molar refractivity (Wildman–Crippen MR) is 105 cm³/mol. The van der Waals surface area contributed by atoms with Crippen molar-refractivity contribution in [3.8, 4) is 5.75 Å². The summed E-state index contributed by atoms with van der Waals surface area (Å²) in [6, 6.07) is 5.12. The van der Waals surface area contributed by atoms with Crippen LogP contribution in [-0.2, 0) is 0 Å². The van der Waals surface area contributed by atoms with Crippen LogP contribution in [0.3, 0.4) is 0 Å². The smallest absolute Gasteiger partial charge is 0.191 e. The van der Waals surface area contributed by atoms with E-state index in [4.69, 9.17) is 4.74 Å². The molecule has 0 amide bonds. The maximum Gasteiger partial charge on any atom is 0.191 e. The van der Waals surface area contributed by atoms with E-state index in [9.17, 15) is 4.39 Å². The molecular formula is C20H33FN4O. The van der Waals surface area contributed by atoms with E-state index in [-0.39, 0.29) is 11.9 Å². The standard InChI is InChI=1S/C20H33FN4O/c1-5-25(6-2)12-11-23-20(22-4)24-15(3)17-9-10-19(18(21)13-17)26-14-16-7-8-16/h9-10,13,15-16H,5-8,11-12,14H2,1-4H3,(H2,22,23,24). The summed E-state index contributed by atoms with van der Waals surface area (Å²) in [4.78, 5) is 6.60. The molecule has 5 nitrogen and oxygen atoms in total. The highest BCUT2D eigenvalue weighted by atomic mass is 19.1. The molecule has 1 saturated carbocycles. The first kappa shape index (κ1) is 20.5. The Labute approximate surface area is 157 Å². The van der Waals surface area contributed by atoms with Crippen molar-refractivity contribution in [1.29, 1.82) is 0 Å². The molecule has 1 atom stereocenters. The van der Waals surface area contributed by atoms with E-state index in [1.807, 2.05) is 13.0 Å². The lowest BCUT2D eigenvalue weighted by Crippen LogP contribution is -2.42. The maximum atomic E-state index is 14.3. The van der Waals surface area contributed by atoms with Gasteiger partial charge in [-0.1, -0.05) is 19.9 Å². The van der Waals surface area contributed by atoms with Crippen LogP contribution >= 0.6 is 0 Å². The molecule has 0 saturated heterocycles. The number of ether oxygens (including phenoxy) is 1. The lowest BCUT2D eigenvalue weighted by atomic mass is 10.1. The highest BCUT2D eigenvalue weighted by molar-refractivity contribution is 5.80. The van der Waals surface area contributed by atoms with E-state index in [1.54, 1.807) is 19.2 Å². The maximum absolute atomic E-state index is 14.3. The summed E-state index contributed by atoms with van der Waals surface area (Å²) >= 11 is 0. The molecule has 1 fully saturated rings. The van der Waals surface area contributed by atoms with Gasteiger partial charge in [0, 0.05) is 20.1 Å². The Bertz CT molecular complexity index is 585. The quantitative estimate of drug-likeness (QED) is 0.494. The number of nitrogens with zero attached hydrogens (tertiary/aromatic N) is 2. The van der Waals surface area contributed by atoms with E-state index in [2.05, 4.69) is 34.4 Å². The first-order valence-electron chi connectivity index (χ1n) is 9.69. The lowest BCUT2D eigenvalue weighted by Gasteiger charge is -2.21. The number of rotatable bonds is 10. The topological polar surface area (TPSA) is 48.9 Å². The fraction of sp³-hybridized carbons (Fsp3) is 0.650. The third kappa shape index (κ3) is 6.48. The van der Waals surface area contributed by atoms with Crippen LogP contribution in [0.15, 0.2) is 23.2 Å². The minimum Gasteiger partial charge on any atom is -0.490 e. The molecule has 2 rings (SSSR count). The Morgan fingerprint density at radius 1 is 1.35 bits per heavy atom. The van der Waals surface area contributed by atoms with E-state index in [1.165, 1.54) is 12.8 Å². The van der Waals surface area contributed by atoms with E-state index >= 15 is 0 Å². The largest absolute Gasteiger partial charge is 0.490 e. The third-order valence-electron chi connectivity index (χ3n) is 4.82. The number of halogens is 1. The van der Waals surface area contributed by atoms with E-state index in [0.717, 1.165) is 37.7 Å². The van der Waals surface area contributed by atoms with Crippen LogP contribution in [0.1, 0.15) is 45.2 Å². The second kappa shape index (κ2) is 10.4. The molecule has 1 aliphatic rings. The van der Waals surface area contributed by atoms with E-state index < -0.39 is 0 Å². The van der Waals surface area contributed by atoms with Crippen LogP contribution in [0.5, 0.6) is 5.75 Å². The molecule has 0 aliphatic heterocycles. The fourth-order valence-corrected chi connectivity index (χ4v) is 2.75. The van der Waals surface area contributed by atoms with Gasteiger partial charge in [-0.3, -0.25) is 4.99 Å². The Hall–Kier alpha value is -1.82. The Kier molecular flexibility index (Phi) is 8.16. The van der Waals surface area contributed by atoms with Crippen LogP contribution in [-0.4, -0.2) is 50.7 Å². The first-order valence-corrected chi connectivity index (χ1v) is 9.69. The van der Waals surface area contributed by atoms with Gasteiger partial charge in [0.25, 0.3) is 0 Å². The second-order valence-corrected chi connectivity index (χ2v) is 6.84. The van der Waals surface area contributed by atoms with Gasteiger partial charge in [-0.05, 0) is 56.5 Å². The van der Waals surface area contributed by atoms with Gasteiger partial charge in [0.1, 0.15) is 0 Å². The van der Waals surface area contributed by atoms with E-state index in [0.29, 0.717) is 18.3 Å². The van der Waals surface area contributed by atoms with Gasteiger partial charge in [0.2, 0.25) is 0 Å². The Morgan fingerprint density at radius 2 is 2.08 bits per heavy atom. The van der Waals surface area contributed by atoms with Crippen LogP contribution in [0.4, 0.5) is 4.39 Å². The molecule has 1 aromatic carbocycles. The van der Waals surface area contributed by atoms with Crippen molar-refractivity contribution in [1.82, 2.24) is 15.5 Å². The second-order valence-electron chi connectivity index (χ2n) is 6.84. The third-order valence-corrected chi connectivity index (χ3v) is 4.82. The molecular weight excluding hydrogens is 331 g/mol. The van der Waals surface area contributed by atoms with Crippen molar-refractivity contribution < 1.29 is 9.13 Å². The number of aliphatic imine (C=N–C) groups is 1. The van der Waals surface area contributed by atoms with Gasteiger partial charge in [0.05, 0.1) is 12.6 Å². The molecule has 0 aromatic heterocycles. The number of hydrogen-bond acceptors (Lipinski definition) is 3. The van der Waals surface area contributed by atoms with Crippen LogP contribution in [0.25, 0.3) is 0 Å². The van der Waals surface area contributed by atoms with Crippen molar-refractivity contribution in [3.05, 3.63) is 29.6 Å². The molecule has 2 N–H and O–H groups in total.